The van der Waals surface area contributed by atoms with Crippen molar-refractivity contribution >= 4 is 17.7 Å². The van der Waals surface area contributed by atoms with Crippen molar-refractivity contribution in [3.63, 3.8) is 0 Å². The van der Waals surface area contributed by atoms with Gasteiger partial charge in [-0.1, -0.05) is 6.07 Å². The number of amides is 1. The summed E-state index contributed by atoms with van der Waals surface area (Å²) in [7, 11) is 0. The van der Waals surface area contributed by atoms with Crippen LogP contribution < -0.4 is 5.48 Å². The van der Waals surface area contributed by atoms with Crippen molar-refractivity contribution in [1.29, 1.82) is 0 Å². The first-order valence-electron chi connectivity index (χ1n) is 6.65. The van der Waals surface area contributed by atoms with Gasteiger partial charge in [-0.05, 0) is 63.3 Å². The van der Waals surface area contributed by atoms with Gasteiger partial charge in [0.15, 0.2) is 0 Å². The summed E-state index contributed by atoms with van der Waals surface area (Å²) in [5, 5.41) is 0. The fraction of sp³-hybridized carbons (Fsp3) is 0.533. The molecular formula is C15H21NO2S. The molecule has 0 fully saturated rings. The Kier molecular flexibility index (Phi) is 4.53. The first kappa shape index (κ1) is 14.4. The van der Waals surface area contributed by atoms with Gasteiger partial charge in [0, 0.05) is 4.90 Å². The topological polar surface area (TPSA) is 38.3 Å². The molecule has 0 saturated heterocycles. The van der Waals surface area contributed by atoms with Gasteiger partial charge in [0.2, 0.25) is 0 Å². The number of carbonyl (C=O) groups excluding carboxylic acids is 1. The number of carbonyl (C=O) groups is 1. The Morgan fingerprint density at radius 1 is 1.32 bits per heavy atom. The zero-order chi connectivity index (χ0) is 13.9. The lowest BCUT2D eigenvalue weighted by Gasteiger charge is -2.18. The van der Waals surface area contributed by atoms with E-state index in [0.29, 0.717) is 5.75 Å². The van der Waals surface area contributed by atoms with Crippen molar-refractivity contribution in [2.24, 2.45) is 0 Å². The van der Waals surface area contributed by atoms with E-state index in [1.54, 1.807) is 11.8 Å². The van der Waals surface area contributed by atoms with Crippen LogP contribution in [0.25, 0.3) is 0 Å². The third-order valence-electron chi connectivity index (χ3n) is 2.91. The molecule has 3 nitrogen and oxygen atoms in total. The molecule has 0 aromatic heterocycles. The van der Waals surface area contributed by atoms with Gasteiger partial charge in [-0.2, -0.15) is 0 Å². The fourth-order valence-corrected chi connectivity index (χ4v) is 2.77. The van der Waals surface area contributed by atoms with Gasteiger partial charge >= 0.3 is 0 Å². The maximum Gasteiger partial charge on any atom is 0.253 e. The maximum atomic E-state index is 11.6. The number of aryl methyl sites for hydroxylation is 2. The average Bonchev–Trinajstić information content (AvgIpc) is 2.80. The van der Waals surface area contributed by atoms with E-state index in [9.17, 15) is 4.79 Å². The zero-order valence-electron chi connectivity index (χ0n) is 11.8. The van der Waals surface area contributed by atoms with E-state index < -0.39 is 0 Å². The van der Waals surface area contributed by atoms with Crippen LogP contribution in [0, 0.1) is 0 Å². The third-order valence-corrected chi connectivity index (χ3v) is 3.90. The largest absolute Gasteiger partial charge is 0.272 e. The normalized spacial score (nSPS) is 14.3. The van der Waals surface area contributed by atoms with E-state index in [-0.39, 0.29) is 11.5 Å². The third kappa shape index (κ3) is 4.55. The molecule has 0 spiro atoms. The Labute approximate surface area is 119 Å². The molecule has 0 heterocycles. The van der Waals surface area contributed by atoms with Crippen molar-refractivity contribution in [3.8, 4) is 0 Å². The summed E-state index contributed by atoms with van der Waals surface area (Å²) < 4.78 is 0. The number of rotatable bonds is 4. The first-order valence-corrected chi connectivity index (χ1v) is 7.64. The second kappa shape index (κ2) is 5.97. The van der Waals surface area contributed by atoms with Crippen LogP contribution in [0.1, 0.15) is 38.3 Å². The number of thioether (sulfide) groups is 1. The van der Waals surface area contributed by atoms with Gasteiger partial charge in [-0.3, -0.25) is 9.63 Å². The summed E-state index contributed by atoms with van der Waals surface area (Å²) in [6, 6.07) is 6.51. The lowest BCUT2D eigenvalue weighted by Crippen LogP contribution is -2.34. The predicted octanol–water partition coefficient (Wildman–Crippen LogP) is 3.11. The van der Waals surface area contributed by atoms with Crippen molar-refractivity contribution < 1.29 is 9.63 Å². The highest BCUT2D eigenvalue weighted by molar-refractivity contribution is 8.00. The molecule has 1 aliphatic carbocycles. The molecule has 19 heavy (non-hydrogen) atoms. The molecule has 4 heteroatoms. The molecule has 104 valence electrons. The summed E-state index contributed by atoms with van der Waals surface area (Å²) in [5.74, 6) is 0.287. The Hall–Kier alpha value is -1.00. The SMILES string of the molecule is CC(C)(C)ONC(=O)CSc1ccc2c(c1)CCC2. The summed E-state index contributed by atoms with van der Waals surface area (Å²) in [6.07, 6.45) is 3.62. The number of nitrogens with one attached hydrogen (secondary N) is 1. The molecule has 0 aliphatic heterocycles. The van der Waals surface area contributed by atoms with Gasteiger partial charge < -0.3 is 0 Å². The lowest BCUT2D eigenvalue weighted by atomic mass is 10.1. The summed E-state index contributed by atoms with van der Waals surface area (Å²) in [4.78, 5) is 18.0. The summed E-state index contributed by atoms with van der Waals surface area (Å²) in [6.45, 7) is 5.71. The van der Waals surface area contributed by atoms with E-state index in [0.717, 1.165) is 4.90 Å². The summed E-state index contributed by atoms with van der Waals surface area (Å²) in [5.41, 5.74) is 5.04. The Bertz CT molecular complexity index is 466. The highest BCUT2D eigenvalue weighted by Gasteiger charge is 2.14. The monoisotopic (exact) mass is 279 g/mol. The molecule has 0 saturated carbocycles. The van der Waals surface area contributed by atoms with Gasteiger partial charge in [-0.25, -0.2) is 5.48 Å². The molecule has 1 N–H and O–H groups in total. The second-order valence-electron chi connectivity index (χ2n) is 5.81. The molecule has 1 aliphatic rings. The van der Waals surface area contributed by atoms with Crippen molar-refractivity contribution in [1.82, 2.24) is 5.48 Å². The van der Waals surface area contributed by atoms with Crippen LogP contribution in [0.2, 0.25) is 0 Å². The van der Waals surface area contributed by atoms with Crippen LogP contribution in [0.15, 0.2) is 23.1 Å². The molecule has 0 bridgehead atoms. The second-order valence-corrected chi connectivity index (χ2v) is 6.86. The van der Waals surface area contributed by atoms with Crippen molar-refractivity contribution in [2.75, 3.05) is 5.75 Å². The van der Waals surface area contributed by atoms with E-state index in [4.69, 9.17) is 4.84 Å². The number of hydrogen-bond donors (Lipinski definition) is 1. The minimum absolute atomic E-state index is 0.0968. The van der Waals surface area contributed by atoms with Gasteiger partial charge in [-0.15, -0.1) is 11.8 Å². The Morgan fingerprint density at radius 2 is 2.05 bits per heavy atom. The zero-order valence-corrected chi connectivity index (χ0v) is 12.6. The van der Waals surface area contributed by atoms with Crippen LogP contribution in [0.3, 0.4) is 0 Å². The molecule has 2 rings (SSSR count). The minimum atomic E-state index is -0.353. The fourth-order valence-electron chi connectivity index (χ4n) is 2.03. The smallest absolute Gasteiger partial charge is 0.253 e. The number of fused-ring (bicyclic) bond motifs is 1. The molecule has 0 unspecified atom stereocenters. The average molecular weight is 279 g/mol. The van der Waals surface area contributed by atoms with E-state index in [2.05, 4.69) is 23.7 Å². The van der Waals surface area contributed by atoms with Gasteiger partial charge in [0.05, 0.1) is 11.4 Å². The van der Waals surface area contributed by atoms with Crippen molar-refractivity contribution in [3.05, 3.63) is 29.3 Å². The molecule has 1 aromatic carbocycles. The van der Waals surface area contributed by atoms with E-state index >= 15 is 0 Å². The van der Waals surface area contributed by atoms with Crippen LogP contribution in [0.5, 0.6) is 0 Å². The standard InChI is InChI=1S/C15H21NO2S/c1-15(2,3)18-16-14(17)10-19-13-8-7-11-5-4-6-12(11)9-13/h7-9H,4-6,10H2,1-3H3,(H,16,17). The number of hydroxylamine groups is 1. The van der Waals surface area contributed by atoms with E-state index in [1.807, 2.05) is 20.8 Å². The molecule has 1 aromatic rings. The molecule has 1 amide bonds. The van der Waals surface area contributed by atoms with E-state index in [1.165, 1.54) is 30.4 Å². The quantitative estimate of drug-likeness (QED) is 0.680. The maximum absolute atomic E-state index is 11.6. The number of benzene rings is 1. The lowest BCUT2D eigenvalue weighted by molar-refractivity contribution is -0.142. The van der Waals surface area contributed by atoms with Crippen LogP contribution in [-0.4, -0.2) is 17.3 Å². The highest BCUT2D eigenvalue weighted by Crippen LogP contribution is 2.27. The number of hydrogen-bond acceptors (Lipinski definition) is 3. The van der Waals surface area contributed by atoms with Gasteiger partial charge in [0.1, 0.15) is 0 Å². The van der Waals surface area contributed by atoms with Crippen molar-refractivity contribution in [2.45, 2.75) is 50.5 Å². The Morgan fingerprint density at radius 3 is 2.79 bits per heavy atom. The predicted molar refractivity (Wildman–Crippen MR) is 78.2 cm³/mol. The van der Waals surface area contributed by atoms with Gasteiger partial charge in [0.25, 0.3) is 5.91 Å². The van der Waals surface area contributed by atoms with Crippen LogP contribution in [-0.2, 0) is 22.5 Å². The first-order chi connectivity index (χ1) is 8.94. The highest BCUT2D eigenvalue weighted by atomic mass is 32.2. The summed E-state index contributed by atoms with van der Waals surface area (Å²) >= 11 is 1.55. The minimum Gasteiger partial charge on any atom is -0.272 e. The molecular weight excluding hydrogens is 258 g/mol. The molecule has 0 radical (unpaired) electrons. The molecule has 0 atom stereocenters. The van der Waals surface area contributed by atoms with Crippen LogP contribution in [0.4, 0.5) is 0 Å². The van der Waals surface area contributed by atoms with Crippen LogP contribution >= 0.6 is 11.8 Å². The Balaban J connectivity index is 1.81.